The molecule has 0 radical (unpaired) electrons. The van der Waals surface area contributed by atoms with Crippen molar-refractivity contribution >= 4 is 56.6 Å². The molecule has 0 fully saturated rings. The molecule has 0 spiro atoms. The van der Waals surface area contributed by atoms with Gasteiger partial charge in [-0.1, -0.05) is 23.2 Å². The lowest BCUT2D eigenvalue weighted by molar-refractivity contribution is -0.119. The number of benzene rings is 2. The highest BCUT2D eigenvalue weighted by Gasteiger charge is 2.21. The van der Waals surface area contributed by atoms with E-state index in [1.165, 1.54) is 50.5 Å². The average molecular weight is 541 g/mol. The van der Waals surface area contributed by atoms with E-state index < -0.39 is 39.8 Å². The lowest BCUT2D eigenvalue weighted by Gasteiger charge is -2.12. The summed E-state index contributed by atoms with van der Waals surface area (Å²) in [5, 5.41) is 2.57. The Labute approximate surface area is 208 Å². The summed E-state index contributed by atoms with van der Waals surface area (Å²) < 4.78 is 34.7. The predicted molar refractivity (Wildman–Crippen MR) is 130 cm³/mol. The summed E-state index contributed by atoms with van der Waals surface area (Å²) >= 11 is 11.8. The number of nitrogens with zero attached hydrogens (tertiary/aromatic N) is 2. The maximum absolute atomic E-state index is 12.8. The van der Waals surface area contributed by atoms with Crippen LogP contribution >= 0.6 is 23.2 Å². The molecule has 1 heterocycles. The van der Waals surface area contributed by atoms with Crippen molar-refractivity contribution in [1.29, 1.82) is 0 Å². The Balaban J connectivity index is 1.72. The van der Waals surface area contributed by atoms with Gasteiger partial charge in [-0.05, 0) is 42.5 Å². The van der Waals surface area contributed by atoms with Gasteiger partial charge in [0.2, 0.25) is 0 Å². The summed E-state index contributed by atoms with van der Waals surface area (Å²) in [4.78, 5) is 47.9. The van der Waals surface area contributed by atoms with Crippen LogP contribution in [0.2, 0.25) is 10.0 Å². The second kappa shape index (κ2) is 10.3. The van der Waals surface area contributed by atoms with Gasteiger partial charge in [0, 0.05) is 30.9 Å². The summed E-state index contributed by atoms with van der Waals surface area (Å²) in [5.74, 6) is -1.92. The zero-order valence-corrected chi connectivity index (χ0v) is 20.6. The van der Waals surface area contributed by atoms with E-state index in [-0.39, 0.29) is 27.0 Å². The number of aromatic nitrogens is 2. The highest BCUT2D eigenvalue weighted by Crippen LogP contribution is 2.26. The van der Waals surface area contributed by atoms with Crippen LogP contribution in [0.5, 0.6) is 0 Å². The third-order valence-corrected chi connectivity index (χ3v) is 6.80. The molecule has 0 aliphatic carbocycles. The van der Waals surface area contributed by atoms with Crippen LogP contribution in [0, 0.1) is 0 Å². The van der Waals surface area contributed by atoms with Crippen LogP contribution in [0.4, 0.5) is 11.5 Å². The van der Waals surface area contributed by atoms with E-state index in [1.54, 1.807) is 0 Å². The summed E-state index contributed by atoms with van der Waals surface area (Å²) in [6.07, 6.45) is 0. The van der Waals surface area contributed by atoms with E-state index in [2.05, 4.69) is 10.0 Å². The quantitative estimate of drug-likeness (QED) is 0.435. The van der Waals surface area contributed by atoms with Crippen LogP contribution in [-0.2, 0) is 33.7 Å². The van der Waals surface area contributed by atoms with Crippen molar-refractivity contribution in [3.05, 3.63) is 85.0 Å². The number of sulfonamides is 1. The first-order valence-electron chi connectivity index (χ1n) is 9.71. The second-order valence-corrected chi connectivity index (χ2v) is 9.64. The van der Waals surface area contributed by atoms with Crippen molar-refractivity contribution in [2.75, 3.05) is 16.6 Å². The Bertz CT molecular complexity index is 1530. The minimum Gasteiger partial charge on any atom is -0.452 e. The Morgan fingerprint density at radius 3 is 2.29 bits per heavy atom. The molecule has 0 bridgehead atoms. The van der Waals surface area contributed by atoms with Crippen LogP contribution in [0.3, 0.4) is 0 Å². The number of hydrogen-bond acceptors (Lipinski definition) is 7. The highest BCUT2D eigenvalue weighted by molar-refractivity contribution is 7.92. The van der Waals surface area contributed by atoms with Crippen molar-refractivity contribution < 1.29 is 22.7 Å². The molecule has 0 aliphatic rings. The molecule has 0 unspecified atom stereocenters. The number of rotatable bonds is 7. The van der Waals surface area contributed by atoms with Gasteiger partial charge in [-0.15, -0.1) is 0 Å². The van der Waals surface area contributed by atoms with Crippen molar-refractivity contribution in [2.24, 2.45) is 14.1 Å². The SMILES string of the molecule is Cn1c(NC(=O)COC(=O)c2ccc(Cl)c(S(=O)(=O)Nc3ccc(Cl)cc3)c2)cc(=O)n(C)c1=O. The second-order valence-electron chi connectivity index (χ2n) is 7.15. The molecule has 184 valence electrons. The number of ether oxygens (including phenoxy) is 1. The molecule has 0 saturated carbocycles. The molecule has 2 aromatic carbocycles. The predicted octanol–water partition coefficient (Wildman–Crippen LogP) is 1.99. The van der Waals surface area contributed by atoms with Gasteiger partial charge in [0.25, 0.3) is 21.5 Å². The van der Waals surface area contributed by atoms with E-state index in [0.29, 0.717) is 5.02 Å². The summed E-state index contributed by atoms with van der Waals surface area (Å²) in [7, 11) is -1.55. The summed E-state index contributed by atoms with van der Waals surface area (Å²) in [5.41, 5.74) is -1.26. The van der Waals surface area contributed by atoms with Crippen LogP contribution in [-0.4, -0.2) is 36.0 Å². The topological polar surface area (TPSA) is 146 Å². The molecule has 14 heteroatoms. The van der Waals surface area contributed by atoms with Crippen LogP contribution in [0.1, 0.15) is 10.4 Å². The maximum Gasteiger partial charge on any atom is 0.338 e. The molecule has 3 aromatic rings. The molecular formula is C21H18Cl2N4O7S. The molecule has 1 amide bonds. The Morgan fingerprint density at radius 2 is 1.63 bits per heavy atom. The molecule has 11 nitrogen and oxygen atoms in total. The van der Waals surface area contributed by atoms with Gasteiger partial charge in [-0.25, -0.2) is 18.0 Å². The summed E-state index contributed by atoms with van der Waals surface area (Å²) in [6.45, 7) is -0.768. The molecular weight excluding hydrogens is 523 g/mol. The van der Waals surface area contributed by atoms with Gasteiger partial charge in [0.05, 0.1) is 10.6 Å². The molecule has 0 aliphatic heterocycles. The highest BCUT2D eigenvalue weighted by atomic mass is 35.5. The Hall–Kier alpha value is -3.61. The van der Waals surface area contributed by atoms with Crippen molar-refractivity contribution in [2.45, 2.75) is 4.90 Å². The first-order valence-corrected chi connectivity index (χ1v) is 11.9. The number of anilines is 2. The van der Waals surface area contributed by atoms with Crippen LogP contribution in [0.25, 0.3) is 0 Å². The van der Waals surface area contributed by atoms with Crippen molar-refractivity contribution in [1.82, 2.24) is 9.13 Å². The lowest BCUT2D eigenvalue weighted by Crippen LogP contribution is -2.38. The number of nitrogens with one attached hydrogen (secondary N) is 2. The van der Waals surface area contributed by atoms with E-state index in [9.17, 15) is 27.6 Å². The van der Waals surface area contributed by atoms with E-state index in [4.69, 9.17) is 27.9 Å². The first kappa shape index (κ1) is 26.0. The molecule has 35 heavy (non-hydrogen) atoms. The van der Waals surface area contributed by atoms with Gasteiger partial charge in [-0.3, -0.25) is 23.4 Å². The minimum absolute atomic E-state index is 0.0905. The zero-order valence-electron chi connectivity index (χ0n) is 18.2. The van der Waals surface area contributed by atoms with Gasteiger partial charge in [0.15, 0.2) is 6.61 Å². The standard InChI is InChI=1S/C21H18Cl2N4O7S/c1-26-17(10-19(29)27(2)21(26)31)24-18(28)11-34-20(30)12-3-8-15(23)16(9-12)35(32,33)25-14-6-4-13(22)5-7-14/h3-10,25H,11H2,1-2H3,(H,24,28). The largest absolute Gasteiger partial charge is 0.452 e. The van der Waals surface area contributed by atoms with Gasteiger partial charge < -0.3 is 10.1 Å². The zero-order chi connectivity index (χ0) is 25.9. The smallest absolute Gasteiger partial charge is 0.338 e. The number of hydrogen-bond donors (Lipinski definition) is 2. The fraction of sp³-hybridized carbons (Fsp3) is 0.143. The van der Waals surface area contributed by atoms with Gasteiger partial charge in [0.1, 0.15) is 10.7 Å². The Morgan fingerprint density at radius 1 is 0.971 bits per heavy atom. The minimum atomic E-state index is -4.18. The molecule has 0 atom stereocenters. The van der Waals surface area contributed by atoms with Crippen molar-refractivity contribution in [3.8, 4) is 0 Å². The lowest BCUT2D eigenvalue weighted by atomic mass is 10.2. The van der Waals surface area contributed by atoms with E-state index >= 15 is 0 Å². The number of halogens is 2. The first-order chi connectivity index (χ1) is 16.4. The molecule has 0 saturated heterocycles. The Kier molecular flexibility index (Phi) is 7.68. The molecule has 3 rings (SSSR count). The average Bonchev–Trinajstić information content (AvgIpc) is 2.81. The molecule has 2 N–H and O–H groups in total. The number of carbonyl (C=O) groups excluding carboxylic acids is 2. The van der Waals surface area contributed by atoms with Crippen molar-refractivity contribution in [3.63, 3.8) is 0 Å². The van der Waals surface area contributed by atoms with E-state index in [0.717, 1.165) is 21.3 Å². The third-order valence-electron chi connectivity index (χ3n) is 4.68. The van der Waals surface area contributed by atoms with E-state index in [1.807, 2.05) is 0 Å². The summed E-state index contributed by atoms with van der Waals surface area (Å²) in [6, 6.07) is 10.3. The number of esters is 1. The fourth-order valence-corrected chi connectivity index (χ4v) is 4.52. The molecule has 1 aromatic heterocycles. The van der Waals surface area contributed by atoms with Crippen LogP contribution < -0.4 is 21.3 Å². The number of carbonyl (C=O) groups is 2. The van der Waals surface area contributed by atoms with Gasteiger partial charge >= 0.3 is 11.7 Å². The monoisotopic (exact) mass is 540 g/mol. The number of amides is 1. The normalized spacial score (nSPS) is 11.1. The third kappa shape index (κ3) is 6.10. The maximum atomic E-state index is 12.8. The van der Waals surface area contributed by atoms with Crippen LogP contribution in [0.15, 0.2) is 63.0 Å². The van der Waals surface area contributed by atoms with Gasteiger partial charge in [-0.2, -0.15) is 0 Å². The fourth-order valence-electron chi connectivity index (χ4n) is 2.81.